The minimum Gasteiger partial charge on any atom is -0.390 e. The van der Waals surface area contributed by atoms with Crippen molar-refractivity contribution in [2.24, 2.45) is 16.7 Å². The van der Waals surface area contributed by atoms with Crippen LogP contribution in [0.15, 0.2) is 0 Å². The van der Waals surface area contributed by atoms with Gasteiger partial charge in [0.1, 0.15) is 0 Å². The Bertz CT molecular complexity index is 324. The first kappa shape index (κ1) is 12.8. The van der Waals surface area contributed by atoms with Crippen molar-refractivity contribution in [3.05, 3.63) is 0 Å². The molecular formula is C13H24N2O2. The molecule has 0 aromatic carbocycles. The SMILES string of the molecule is CN(C(=O)C1C(C)(C)C1(C)C)[C@H]1CNC[C@@H]1O. The zero-order valence-corrected chi connectivity index (χ0v) is 11.4. The van der Waals surface area contributed by atoms with E-state index in [1.807, 2.05) is 7.05 Å². The Morgan fingerprint density at radius 3 is 2.12 bits per heavy atom. The molecule has 0 radical (unpaired) electrons. The zero-order valence-electron chi connectivity index (χ0n) is 11.4. The molecule has 1 amide bonds. The third-order valence-electron chi connectivity index (χ3n) is 5.26. The van der Waals surface area contributed by atoms with Gasteiger partial charge in [-0.25, -0.2) is 0 Å². The second-order valence-corrected chi connectivity index (χ2v) is 6.62. The topological polar surface area (TPSA) is 52.6 Å². The molecule has 2 rings (SSSR count). The first-order chi connectivity index (χ1) is 7.71. The first-order valence-corrected chi connectivity index (χ1v) is 6.36. The number of aliphatic hydroxyl groups is 1. The summed E-state index contributed by atoms with van der Waals surface area (Å²) in [7, 11) is 1.81. The number of β-amino-alcohol motifs (C(OH)–C–C–N with tert-alkyl or cyclic N) is 1. The minimum absolute atomic E-state index is 0.0648. The lowest BCUT2D eigenvalue weighted by Crippen LogP contribution is -2.45. The van der Waals surface area contributed by atoms with Crippen molar-refractivity contribution < 1.29 is 9.90 Å². The van der Waals surface area contributed by atoms with E-state index >= 15 is 0 Å². The van der Waals surface area contributed by atoms with E-state index < -0.39 is 6.10 Å². The second kappa shape index (κ2) is 3.69. The van der Waals surface area contributed by atoms with Gasteiger partial charge in [-0.15, -0.1) is 0 Å². The molecule has 98 valence electrons. The fourth-order valence-corrected chi connectivity index (χ4v) is 3.23. The van der Waals surface area contributed by atoms with E-state index in [4.69, 9.17) is 0 Å². The predicted molar refractivity (Wildman–Crippen MR) is 66.5 cm³/mol. The normalized spacial score (nSPS) is 34.7. The van der Waals surface area contributed by atoms with Crippen LogP contribution in [-0.4, -0.2) is 48.2 Å². The van der Waals surface area contributed by atoms with E-state index in [1.165, 1.54) is 0 Å². The van der Waals surface area contributed by atoms with Crippen molar-refractivity contribution in [1.82, 2.24) is 10.2 Å². The molecule has 1 aliphatic heterocycles. The van der Waals surface area contributed by atoms with Crippen LogP contribution >= 0.6 is 0 Å². The third-order valence-corrected chi connectivity index (χ3v) is 5.26. The predicted octanol–water partition coefficient (Wildman–Crippen LogP) is 0.460. The van der Waals surface area contributed by atoms with E-state index in [2.05, 4.69) is 33.0 Å². The van der Waals surface area contributed by atoms with Gasteiger partial charge < -0.3 is 15.3 Å². The number of nitrogens with one attached hydrogen (secondary N) is 1. The van der Waals surface area contributed by atoms with E-state index in [0.717, 1.165) is 0 Å². The van der Waals surface area contributed by atoms with Crippen LogP contribution in [0.3, 0.4) is 0 Å². The van der Waals surface area contributed by atoms with Gasteiger partial charge in [0.05, 0.1) is 12.1 Å². The Morgan fingerprint density at radius 2 is 1.76 bits per heavy atom. The van der Waals surface area contributed by atoms with Crippen LogP contribution in [0.1, 0.15) is 27.7 Å². The summed E-state index contributed by atoms with van der Waals surface area (Å²) in [5.74, 6) is 0.251. The maximum atomic E-state index is 12.5. The summed E-state index contributed by atoms with van der Waals surface area (Å²) in [5.41, 5.74) is 0.130. The molecular weight excluding hydrogens is 216 g/mol. The van der Waals surface area contributed by atoms with Crippen LogP contribution in [0.2, 0.25) is 0 Å². The van der Waals surface area contributed by atoms with E-state index in [-0.39, 0.29) is 28.7 Å². The van der Waals surface area contributed by atoms with Gasteiger partial charge in [-0.2, -0.15) is 0 Å². The van der Waals surface area contributed by atoms with Gasteiger partial charge in [-0.05, 0) is 10.8 Å². The van der Waals surface area contributed by atoms with Crippen molar-refractivity contribution in [2.45, 2.75) is 39.8 Å². The van der Waals surface area contributed by atoms with Crippen molar-refractivity contribution in [3.8, 4) is 0 Å². The van der Waals surface area contributed by atoms with E-state index in [9.17, 15) is 9.90 Å². The van der Waals surface area contributed by atoms with Crippen molar-refractivity contribution >= 4 is 5.91 Å². The molecule has 17 heavy (non-hydrogen) atoms. The Balaban J connectivity index is 2.07. The largest absolute Gasteiger partial charge is 0.390 e. The number of hydrogen-bond acceptors (Lipinski definition) is 3. The van der Waals surface area contributed by atoms with Crippen molar-refractivity contribution in [1.29, 1.82) is 0 Å². The summed E-state index contributed by atoms with van der Waals surface area (Å²) in [6, 6.07) is -0.0744. The fraction of sp³-hybridized carbons (Fsp3) is 0.923. The highest BCUT2D eigenvalue weighted by atomic mass is 16.3. The molecule has 1 saturated carbocycles. The van der Waals surface area contributed by atoms with Crippen LogP contribution in [0, 0.1) is 16.7 Å². The van der Waals surface area contributed by atoms with Crippen LogP contribution in [0.5, 0.6) is 0 Å². The number of amides is 1. The van der Waals surface area contributed by atoms with Gasteiger partial charge in [0, 0.05) is 26.1 Å². The molecule has 2 fully saturated rings. The minimum atomic E-state index is -0.436. The summed E-state index contributed by atoms with van der Waals surface area (Å²) in [5, 5.41) is 12.9. The Morgan fingerprint density at radius 1 is 1.24 bits per heavy atom. The molecule has 2 aliphatic rings. The highest BCUT2D eigenvalue weighted by molar-refractivity contribution is 5.84. The van der Waals surface area contributed by atoms with Crippen molar-refractivity contribution in [3.63, 3.8) is 0 Å². The van der Waals surface area contributed by atoms with Crippen LogP contribution in [0.4, 0.5) is 0 Å². The molecule has 0 unspecified atom stereocenters. The van der Waals surface area contributed by atoms with Crippen LogP contribution in [0.25, 0.3) is 0 Å². The average Bonchev–Trinajstić information content (AvgIpc) is 2.54. The summed E-state index contributed by atoms with van der Waals surface area (Å²) in [6.45, 7) is 9.86. The lowest BCUT2D eigenvalue weighted by Gasteiger charge is -2.27. The summed E-state index contributed by atoms with van der Waals surface area (Å²) >= 11 is 0. The molecule has 0 spiro atoms. The molecule has 0 aromatic rings. The fourth-order valence-electron chi connectivity index (χ4n) is 3.23. The van der Waals surface area contributed by atoms with Gasteiger partial charge in [0.25, 0.3) is 0 Å². The molecule has 4 heteroatoms. The number of aliphatic hydroxyl groups excluding tert-OH is 1. The lowest BCUT2D eigenvalue weighted by atomic mass is 10.0. The first-order valence-electron chi connectivity index (χ1n) is 6.36. The molecule has 1 heterocycles. The number of likely N-dealkylation sites (N-methyl/N-ethyl adjacent to an activating group) is 1. The van der Waals surface area contributed by atoms with Crippen LogP contribution in [-0.2, 0) is 4.79 Å². The summed E-state index contributed by atoms with van der Waals surface area (Å²) < 4.78 is 0. The van der Waals surface area contributed by atoms with E-state index in [0.29, 0.717) is 13.1 Å². The van der Waals surface area contributed by atoms with Crippen LogP contribution < -0.4 is 5.32 Å². The average molecular weight is 240 g/mol. The van der Waals surface area contributed by atoms with Gasteiger partial charge in [0.15, 0.2) is 0 Å². The lowest BCUT2D eigenvalue weighted by molar-refractivity contribution is -0.136. The van der Waals surface area contributed by atoms with Gasteiger partial charge in [0.2, 0.25) is 5.91 Å². The monoisotopic (exact) mass is 240 g/mol. The molecule has 1 aliphatic carbocycles. The Labute approximate surface area is 103 Å². The number of hydrogen-bond donors (Lipinski definition) is 2. The zero-order chi connectivity index (χ0) is 13.0. The third kappa shape index (κ3) is 1.69. The summed E-state index contributed by atoms with van der Waals surface area (Å²) in [6.07, 6.45) is -0.436. The standard InChI is InChI=1S/C13H24N2O2/c1-12(2)10(13(12,3)4)11(17)15(5)8-6-14-7-9(8)16/h8-10,14,16H,6-7H2,1-5H3/t8-,9-/m0/s1. The van der Waals surface area contributed by atoms with Gasteiger partial charge in [-0.3, -0.25) is 4.79 Å². The second-order valence-electron chi connectivity index (χ2n) is 6.62. The molecule has 2 atom stereocenters. The number of carbonyl (C=O) groups is 1. The molecule has 4 nitrogen and oxygen atoms in total. The number of nitrogens with zero attached hydrogens (tertiary/aromatic N) is 1. The molecule has 2 N–H and O–H groups in total. The smallest absolute Gasteiger partial charge is 0.226 e. The number of carbonyl (C=O) groups excluding carboxylic acids is 1. The Hall–Kier alpha value is -0.610. The highest BCUT2D eigenvalue weighted by Crippen LogP contribution is 2.68. The maximum absolute atomic E-state index is 12.5. The maximum Gasteiger partial charge on any atom is 0.226 e. The van der Waals surface area contributed by atoms with Gasteiger partial charge in [-0.1, -0.05) is 27.7 Å². The Kier molecular flexibility index (Phi) is 2.79. The van der Waals surface area contributed by atoms with Gasteiger partial charge >= 0.3 is 0 Å². The van der Waals surface area contributed by atoms with E-state index in [1.54, 1.807) is 4.90 Å². The molecule has 1 saturated heterocycles. The highest BCUT2D eigenvalue weighted by Gasteiger charge is 2.69. The summed E-state index contributed by atoms with van der Waals surface area (Å²) in [4.78, 5) is 14.2. The number of rotatable bonds is 2. The molecule has 0 aromatic heterocycles. The molecule has 0 bridgehead atoms. The van der Waals surface area contributed by atoms with Crippen molar-refractivity contribution in [2.75, 3.05) is 20.1 Å². The quantitative estimate of drug-likeness (QED) is 0.737.